The first-order valence-electron chi connectivity index (χ1n) is 10.9. The zero-order valence-electron chi connectivity index (χ0n) is 20.2. The number of aliphatic carboxylic acids is 4. The molecule has 1 unspecified atom stereocenters. The van der Waals surface area contributed by atoms with Crippen LogP contribution < -0.4 is 27.7 Å². The van der Waals surface area contributed by atoms with Crippen molar-refractivity contribution in [3.63, 3.8) is 0 Å². The Kier molecular flexibility index (Phi) is 19.3. The van der Waals surface area contributed by atoms with E-state index in [0.29, 0.717) is 19.3 Å². The quantitative estimate of drug-likeness (QED) is 0.140. The van der Waals surface area contributed by atoms with Crippen molar-refractivity contribution in [2.75, 3.05) is 13.7 Å². The molecule has 0 bridgehead atoms. The second kappa shape index (κ2) is 19.9. The van der Waals surface area contributed by atoms with Gasteiger partial charge in [0, 0.05) is 13.0 Å². The summed E-state index contributed by atoms with van der Waals surface area (Å²) in [5.41, 5.74) is 21.7. The lowest BCUT2D eigenvalue weighted by Gasteiger charge is -2.09. The van der Waals surface area contributed by atoms with Crippen molar-refractivity contribution in [1.82, 2.24) is 0 Å². The van der Waals surface area contributed by atoms with E-state index in [1.165, 1.54) is 0 Å². The summed E-state index contributed by atoms with van der Waals surface area (Å²) < 4.78 is 4.97. The number of aliphatic hydroxyl groups is 1. The molecule has 13 N–H and O–H groups in total. The number of hydrogen-bond acceptors (Lipinski definition) is 10. The fourth-order valence-corrected chi connectivity index (χ4v) is 2.31. The zero-order chi connectivity index (χ0) is 28.3. The van der Waals surface area contributed by atoms with Crippen molar-refractivity contribution in [2.45, 2.75) is 62.8 Å². The number of aliphatic hydroxyl groups excluding tert-OH is 1. The third-order valence-corrected chi connectivity index (χ3v) is 4.56. The normalized spacial score (nSPS) is 13.4. The van der Waals surface area contributed by atoms with Gasteiger partial charge in [0.2, 0.25) is 0 Å². The van der Waals surface area contributed by atoms with Gasteiger partial charge in [-0.15, -0.1) is 0 Å². The van der Waals surface area contributed by atoms with E-state index in [0.717, 1.165) is 11.3 Å². The molecular weight excluding hydrogens is 480 g/mol. The van der Waals surface area contributed by atoms with Crippen LogP contribution in [-0.2, 0) is 25.6 Å². The van der Waals surface area contributed by atoms with E-state index in [1.54, 1.807) is 19.2 Å². The Morgan fingerprint density at radius 1 is 0.806 bits per heavy atom. The van der Waals surface area contributed by atoms with Crippen LogP contribution in [0.3, 0.4) is 0 Å². The summed E-state index contributed by atoms with van der Waals surface area (Å²) >= 11 is 0. The van der Waals surface area contributed by atoms with Crippen molar-refractivity contribution in [1.29, 1.82) is 0 Å². The van der Waals surface area contributed by atoms with E-state index in [2.05, 4.69) is 0 Å². The molecule has 0 aromatic heterocycles. The van der Waals surface area contributed by atoms with Crippen LogP contribution in [0.15, 0.2) is 24.3 Å². The molecule has 1 aromatic carbocycles. The highest BCUT2D eigenvalue weighted by molar-refractivity contribution is 5.74. The van der Waals surface area contributed by atoms with Gasteiger partial charge >= 0.3 is 23.9 Å². The number of carbonyl (C=O) groups is 4. The Hall–Kier alpha value is -3.30. The fourth-order valence-electron chi connectivity index (χ4n) is 2.31. The van der Waals surface area contributed by atoms with Gasteiger partial charge in [-0.1, -0.05) is 12.1 Å². The SMILES string of the molecule is COc1ccc(C[C@H](N)C(=O)O)cc1.NC(CCCC(=O)O)C(=O)O.NC[C@H](O)CC[C@H](N)C(=O)O. The van der Waals surface area contributed by atoms with E-state index < -0.39 is 48.1 Å². The minimum absolute atomic E-state index is 0.0268. The molecule has 36 heavy (non-hydrogen) atoms. The van der Waals surface area contributed by atoms with Crippen LogP contribution in [0.2, 0.25) is 0 Å². The lowest BCUT2D eigenvalue weighted by atomic mass is 10.1. The Balaban J connectivity index is 0. The maximum Gasteiger partial charge on any atom is 0.320 e. The van der Waals surface area contributed by atoms with Gasteiger partial charge in [0.05, 0.1) is 13.2 Å². The fraction of sp³-hybridized carbons (Fsp3) is 0.545. The van der Waals surface area contributed by atoms with Crippen molar-refractivity contribution < 1.29 is 49.4 Å². The van der Waals surface area contributed by atoms with Crippen LogP contribution in [-0.4, -0.2) is 87.3 Å². The Labute approximate surface area is 208 Å². The molecule has 0 heterocycles. The molecule has 0 amide bonds. The van der Waals surface area contributed by atoms with Crippen molar-refractivity contribution in [2.24, 2.45) is 22.9 Å². The molecule has 0 aliphatic carbocycles. The Morgan fingerprint density at radius 2 is 1.28 bits per heavy atom. The average Bonchev–Trinajstić information content (AvgIpc) is 2.82. The third kappa shape index (κ3) is 19.1. The second-order valence-corrected chi connectivity index (χ2v) is 7.64. The number of benzene rings is 1. The molecule has 14 nitrogen and oxygen atoms in total. The maximum atomic E-state index is 10.5. The van der Waals surface area contributed by atoms with Crippen LogP contribution in [0.1, 0.15) is 37.7 Å². The molecule has 0 saturated carbocycles. The van der Waals surface area contributed by atoms with Crippen LogP contribution >= 0.6 is 0 Å². The summed E-state index contributed by atoms with van der Waals surface area (Å²) in [4.78, 5) is 40.7. The summed E-state index contributed by atoms with van der Waals surface area (Å²) in [6.07, 6.45) is 0.781. The van der Waals surface area contributed by atoms with Crippen LogP contribution in [0.25, 0.3) is 0 Å². The number of hydrogen-bond donors (Lipinski definition) is 9. The molecule has 4 atom stereocenters. The number of ether oxygens (including phenoxy) is 1. The predicted octanol–water partition coefficient (Wildman–Crippen LogP) is -1.20. The minimum Gasteiger partial charge on any atom is -0.497 e. The van der Waals surface area contributed by atoms with E-state index in [4.69, 9.17) is 53.2 Å². The van der Waals surface area contributed by atoms with E-state index >= 15 is 0 Å². The maximum absolute atomic E-state index is 10.5. The van der Waals surface area contributed by atoms with Gasteiger partial charge in [-0.25, -0.2) is 0 Å². The van der Waals surface area contributed by atoms with Crippen molar-refractivity contribution in [3.05, 3.63) is 29.8 Å². The van der Waals surface area contributed by atoms with Crippen LogP contribution in [0.5, 0.6) is 5.75 Å². The number of methoxy groups -OCH3 is 1. The number of nitrogens with two attached hydrogens (primary N) is 4. The second-order valence-electron chi connectivity index (χ2n) is 7.64. The first kappa shape index (κ1) is 34.9. The largest absolute Gasteiger partial charge is 0.497 e. The Morgan fingerprint density at radius 3 is 1.67 bits per heavy atom. The monoisotopic (exact) mass is 518 g/mol. The number of rotatable bonds is 14. The van der Waals surface area contributed by atoms with Gasteiger partial charge in [-0.05, 0) is 49.8 Å². The standard InChI is InChI=1S/C10H13NO3.C6H14N2O3.C6H11NO4/c1-14-8-4-2-7(3-5-8)6-9(11)10(12)13;7-3-4(9)1-2-5(8)6(10)11;7-4(6(10)11)2-1-3-5(8)9/h2-5,9H,6,11H2,1H3,(H,12,13);4-5,9H,1-3,7-8H2,(H,10,11);4H,1-3,7H2,(H,8,9)(H,10,11)/t9-;4-,5+;/m01./s1. The molecule has 206 valence electrons. The van der Waals surface area contributed by atoms with Crippen molar-refractivity contribution in [3.8, 4) is 5.75 Å². The first-order valence-corrected chi connectivity index (χ1v) is 10.9. The van der Waals surface area contributed by atoms with Crippen LogP contribution in [0.4, 0.5) is 0 Å². The highest BCUT2D eigenvalue weighted by Gasteiger charge is 2.13. The topological polar surface area (TPSA) is 283 Å². The number of carboxylic acids is 4. The molecule has 1 rings (SSSR count). The van der Waals surface area contributed by atoms with Crippen molar-refractivity contribution >= 4 is 23.9 Å². The lowest BCUT2D eigenvalue weighted by Crippen LogP contribution is -2.32. The van der Waals surface area contributed by atoms with Gasteiger partial charge in [-0.2, -0.15) is 0 Å². The van der Waals surface area contributed by atoms with Gasteiger partial charge < -0.3 is 53.2 Å². The zero-order valence-corrected chi connectivity index (χ0v) is 20.2. The molecular formula is C22H38N4O10. The molecule has 0 radical (unpaired) electrons. The predicted molar refractivity (Wildman–Crippen MR) is 129 cm³/mol. The third-order valence-electron chi connectivity index (χ3n) is 4.56. The molecule has 14 heteroatoms. The molecule has 0 aliphatic heterocycles. The molecule has 1 aromatic rings. The van der Waals surface area contributed by atoms with Gasteiger partial charge in [0.15, 0.2) is 0 Å². The average molecular weight is 519 g/mol. The summed E-state index contributed by atoms with van der Waals surface area (Å²) in [6.45, 7) is 0.145. The number of carboxylic acid groups (broad SMARTS) is 4. The first-order chi connectivity index (χ1) is 16.7. The summed E-state index contributed by atoms with van der Waals surface area (Å²) in [6, 6.07) is 4.51. The van der Waals surface area contributed by atoms with Gasteiger partial charge in [0.25, 0.3) is 0 Å². The highest BCUT2D eigenvalue weighted by Crippen LogP contribution is 2.12. The summed E-state index contributed by atoms with van der Waals surface area (Å²) in [7, 11) is 1.58. The van der Waals surface area contributed by atoms with E-state index in [9.17, 15) is 19.2 Å². The molecule has 0 aliphatic rings. The molecule has 0 saturated heterocycles. The van der Waals surface area contributed by atoms with E-state index in [-0.39, 0.29) is 25.8 Å². The van der Waals surface area contributed by atoms with Crippen LogP contribution in [0, 0.1) is 0 Å². The smallest absolute Gasteiger partial charge is 0.320 e. The molecule has 0 fully saturated rings. The van der Waals surface area contributed by atoms with Gasteiger partial charge in [-0.3, -0.25) is 19.2 Å². The molecule has 0 spiro atoms. The lowest BCUT2D eigenvalue weighted by molar-refractivity contribution is -0.140. The van der Waals surface area contributed by atoms with Gasteiger partial charge in [0.1, 0.15) is 23.9 Å². The summed E-state index contributed by atoms with van der Waals surface area (Å²) in [5.74, 6) is -3.30. The summed E-state index contributed by atoms with van der Waals surface area (Å²) in [5, 5.41) is 42.3. The minimum atomic E-state index is -1.09. The highest BCUT2D eigenvalue weighted by atomic mass is 16.5. The van der Waals surface area contributed by atoms with E-state index in [1.807, 2.05) is 12.1 Å². The Bertz CT molecular complexity index is 792.